The van der Waals surface area contributed by atoms with E-state index in [4.69, 9.17) is 9.47 Å². The van der Waals surface area contributed by atoms with E-state index in [9.17, 15) is 23.2 Å². The summed E-state index contributed by atoms with van der Waals surface area (Å²) in [6.07, 6.45) is 2.15. The number of benzene rings is 1. The maximum Gasteiger partial charge on any atom is 0.294 e. The maximum absolute atomic E-state index is 11.5. The minimum absolute atomic E-state index is 0.132. The highest BCUT2D eigenvalue weighted by Gasteiger charge is 2.19. The van der Waals surface area contributed by atoms with Crippen molar-refractivity contribution in [3.8, 4) is 0 Å². The zero-order valence-electron chi connectivity index (χ0n) is 17.4. The van der Waals surface area contributed by atoms with Gasteiger partial charge in [-0.25, -0.2) is 0 Å². The fourth-order valence-corrected chi connectivity index (χ4v) is 3.19. The third kappa shape index (κ3) is 10.9. The van der Waals surface area contributed by atoms with Crippen molar-refractivity contribution in [3.63, 3.8) is 0 Å². The van der Waals surface area contributed by atoms with Crippen molar-refractivity contribution in [2.75, 3.05) is 44.4 Å². The molecule has 1 rings (SSSR count). The van der Waals surface area contributed by atoms with E-state index in [0.29, 0.717) is 18.9 Å². The smallest absolute Gasteiger partial charge is 0.294 e. The van der Waals surface area contributed by atoms with E-state index >= 15 is 0 Å². The highest BCUT2D eigenvalue weighted by atomic mass is 32.2. The SMILES string of the molecule is CCCCOCC(O)CN(CC(O)COCCCC)c1cccc(S(=O)(=O)O)c1. The molecule has 0 fully saturated rings. The van der Waals surface area contributed by atoms with Crippen molar-refractivity contribution < 1.29 is 32.7 Å². The molecule has 2 unspecified atom stereocenters. The predicted molar refractivity (Wildman–Crippen MR) is 112 cm³/mol. The highest BCUT2D eigenvalue weighted by molar-refractivity contribution is 7.85. The van der Waals surface area contributed by atoms with Crippen LogP contribution in [0.25, 0.3) is 0 Å². The molecule has 1 aromatic carbocycles. The molecule has 9 heteroatoms. The predicted octanol–water partition coefficient (Wildman–Crippen LogP) is 2.09. The van der Waals surface area contributed by atoms with Crippen molar-refractivity contribution >= 4 is 15.8 Å². The molecule has 0 spiro atoms. The first kappa shape index (κ1) is 25.8. The summed E-state index contributed by atoms with van der Waals surface area (Å²) >= 11 is 0. The third-order valence-corrected chi connectivity index (χ3v) is 5.10. The summed E-state index contributed by atoms with van der Waals surface area (Å²) in [4.78, 5) is 1.42. The van der Waals surface area contributed by atoms with E-state index in [0.717, 1.165) is 25.7 Å². The van der Waals surface area contributed by atoms with Crippen molar-refractivity contribution in [3.05, 3.63) is 24.3 Å². The number of aliphatic hydroxyl groups is 2. The van der Waals surface area contributed by atoms with Gasteiger partial charge in [0.1, 0.15) is 0 Å². The number of anilines is 1. The average Bonchev–Trinajstić information content (AvgIpc) is 2.67. The number of rotatable bonds is 16. The summed E-state index contributed by atoms with van der Waals surface area (Å²) in [5, 5.41) is 20.6. The van der Waals surface area contributed by atoms with E-state index in [1.807, 2.05) is 13.8 Å². The second-order valence-electron chi connectivity index (χ2n) is 7.04. The molecule has 0 amide bonds. The number of ether oxygens (including phenoxy) is 2. The molecule has 3 N–H and O–H groups in total. The monoisotopic (exact) mass is 433 g/mol. The molecule has 0 bridgehead atoms. The number of hydrogen-bond donors (Lipinski definition) is 3. The van der Waals surface area contributed by atoms with Crippen LogP contribution in [0.1, 0.15) is 39.5 Å². The molecule has 0 saturated heterocycles. The van der Waals surface area contributed by atoms with Crippen LogP contribution < -0.4 is 4.90 Å². The largest absolute Gasteiger partial charge is 0.389 e. The van der Waals surface area contributed by atoms with Gasteiger partial charge in [0.05, 0.1) is 30.3 Å². The van der Waals surface area contributed by atoms with Crippen LogP contribution in [-0.2, 0) is 19.6 Å². The molecular weight excluding hydrogens is 398 g/mol. The topological polar surface area (TPSA) is 117 Å². The summed E-state index contributed by atoms with van der Waals surface area (Å²) in [7, 11) is -4.36. The van der Waals surface area contributed by atoms with Gasteiger partial charge in [0.15, 0.2) is 0 Å². The Bertz CT molecular complexity index is 649. The molecule has 0 heterocycles. The van der Waals surface area contributed by atoms with Gasteiger partial charge in [-0.3, -0.25) is 4.55 Å². The van der Waals surface area contributed by atoms with Gasteiger partial charge in [0, 0.05) is 32.0 Å². The van der Waals surface area contributed by atoms with Crippen LogP contribution in [0, 0.1) is 0 Å². The van der Waals surface area contributed by atoms with E-state index in [2.05, 4.69) is 0 Å². The first-order valence-corrected chi connectivity index (χ1v) is 11.6. The Morgan fingerprint density at radius 2 is 1.48 bits per heavy atom. The van der Waals surface area contributed by atoms with Crippen LogP contribution in [0.15, 0.2) is 29.2 Å². The minimum atomic E-state index is -4.36. The summed E-state index contributed by atoms with van der Waals surface area (Å²) in [6.45, 7) is 5.75. The lowest BCUT2D eigenvalue weighted by atomic mass is 10.2. The second kappa shape index (κ2) is 13.9. The molecule has 8 nitrogen and oxygen atoms in total. The molecule has 0 saturated carbocycles. The molecule has 0 aromatic heterocycles. The Labute approximate surface area is 174 Å². The van der Waals surface area contributed by atoms with E-state index in [1.165, 1.54) is 18.2 Å². The second-order valence-corrected chi connectivity index (χ2v) is 8.46. The molecule has 0 aliphatic heterocycles. The van der Waals surface area contributed by atoms with Gasteiger partial charge >= 0.3 is 0 Å². The third-order valence-electron chi connectivity index (χ3n) is 4.25. The van der Waals surface area contributed by atoms with Gasteiger partial charge in [-0.05, 0) is 31.0 Å². The summed E-state index contributed by atoms with van der Waals surface area (Å²) in [6, 6.07) is 5.75. The fourth-order valence-electron chi connectivity index (χ4n) is 2.67. The number of hydrogen-bond acceptors (Lipinski definition) is 7. The lowest BCUT2D eigenvalue weighted by Gasteiger charge is -2.29. The van der Waals surface area contributed by atoms with Crippen molar-refractivity contribution in [1.29, 1.82) is 0 Å². The summed E-state index contributed by atoms with van der Waals surface area (Å²) < 4.78 is 43.1. The van der Waals surface area contributed by atoms with E-state index < -0.39 is 22.3 Å². The Hall–Kier alpha value is -1.23. The first-order valence-electron chi connectivity index (χ1n) is 10.1. The Balaban J connectivity index is 2.82. The fraction of sp³-hybridized carbons (Fsp3) is 0.700. The molecule has 0 aliphatic carbocycles. The molecule has 0 aliphatic rings. The van der Waals surface area contributed by atoms with Gasteiger partial charge in [-0.1, -0.05) is 32.8 Å². The average molecular weight is 434 g/mol. The van der Waals surface area contributed by atoms with Crippen LogP contribution in [0.5, 0.6) is 0 Å². The van der Waals surface area contributed by atoms with Crippen LogP contribution in [0.3, 0.4) is 0 Å². The minimum Gasteiger partial charge on any atom is -0.389 e. The standard InChI is InChI=1S/C20H35NO7S/c1-3-5-10-27-15-18(22)13-21(14-19(23)16-28-11-6-4-2)17-8-7-9-20(12-17)29(24,25)26/h7-9,12,18-19,22-23H,3-6,10-11,13-16H2,1-2H3,(H,24,25,26). The molecular formula is C20H35NO7S. The summed E-state index contributed by atoms with van der Waals surface area (Å²) in [5.41, 5.74) is 0.459. The van der Waals surface area contributed by atoms with Crippen LogP contribution >= 0.6 is 0 Å². The van der Waals surface area contributed by atoms with Gasteiger partial charge in [0.25, 0.3) is 10.1 Å². The zero-order valence-corrected chi connectivity index (χ0v) is 18.2. The Morgan fingerprint density at radius 1 is 0.966 bits per heavy atom. The van der Waals surface area contributed by atoms with Crippen molar-refractivity contribution in [1.82, 2.24) is 0 Å². The molecule has 1 aromatic rings. The van der Waals surface area contributed by atoms with E-state index in [-0.39, 0.29) is 31.2 Å². The lowest BCUT2D eigenvalue weighted by molar-refractivity contribution is 0.0288. The van der Waals surface area contributed by atoms with Gasteiger partial charge in [-0.2, -0.15) is 8.42 Å². The van der Waals surface area contributed by atoms with Gasteiger partial charge in [-0.15, -0.1) is 0 Å². The number of aliphatic hydroxyl groups excluding tert-OH is 2. The van der Waals surface area contributed by atoms with E-state index in [1.54, 1.807) is 11.0 Å². The van der Waals surface area contributed by atoms with Crippen LogP contribution in [0.2, 0.25) is 0 Å². The normalized spacial score (nSPS) is 14.0. The Kier molecular flexibility index (Phi) is 12.4. The maximum atomic E-state index is 11.5. The van der Waals surface area contributed by atoms with Gasteiger partial charge in [0.2, 0.25) is 0 Å². The quantitative estimate of drug-likeness (QED) is 0.268. The van der Waals surface area contributed by atoms with Gasteiger partial charge < -0.3 is 24.6 Å². The van der Waals surface area contributed by atoms with Crippen molar-refractivity contribution in [2.45, 2.75) is 56.6 Å². The Morgan fingerprint density at radius 3 is 1.93 bits per heavy atom. The molecule has 168 valence electrons. The molecule has 2 atom stereocenters. The molecule has 29 heavy (non-hydrogen) atoms. The number of nitrogens with zero attached hydrogens (tertiary/aromatic N) is 1. The molecule has 0 radical (unpaired) electrons. The number of unbranched alkanes of at least 4 members (excludes halogenated alkanes) is 2. The zero-order chi connectivity index (χ0) is 21.7. The summed E-state index contributed by atoms with van der Waals surface area (Å²) in [5.74, 6) is 0. The lowest BCUT2D eigenvalue weighted by Crippen LogP contribution is -2.41. The highest BCUT2D eigenvalue weighted by Crippen LogP contribution is 2.20. The van der Waals surface area contributed by atoms with Crippen LogP contribution in [0.4, 0.5) is 5.69 Å². The first-order chi connectivity index (χ1) is 13.8. The van der Waals surface area contributed by atoms with Crippen LogP contribution in [-0.4, -0.2) is 74.9 Å². The van der Waals surface area contributed by atoms with Crippen molar-refractivity contribution in [2.24, 2.45) is 0 Å².